The number of nitrogens with zero attached hydrogens (tertiary/aromatic N) is 3. The molecule has 2 aliphatic carbocycles. The van der Waals surface area contributed by atoms with Gasteiger partial charge in [-0.15, -0.1) is 23.5 Å². The Bertz CT molecular complexity index is 2860. The molecule has 252 valence electrons. The highest BCUT2D eigenvalue weighted by Crippen LogP contribution is 2.50. The lowest BCUT2D eigenvalue weighted by Crippen LogP contribution is -2.20. The molecule has 3 heterocycles. The normalized spacial score (nSPS) is 17.3. The van der Waals surface area contributed by atoms with Crippen LogP contribution < -0.4 is 0 Å². The third kappa shape index (κ3) is 5.29. The summed E-state index contributed by atoms with van der Waals surface area (Å²) in [5.41, 5.74) is 11.4. The number of aromatic nitrogens is 3. The second-order valence-electron chi connectivity index (χ2n) is 14.0. The van der Waals surface area contributed by atoms with Gasteiger partial charge in [-0.1, -0.05) is 115 Å². The number of allylic oxidation sites excluding steroid dienone is 3. The topological polar surface area (TPSA) is 30.7 Å². The van der Waals surface area contributed by atoms with Gasteiger partial charge in [-0.2, -0.15) is 0 Å². The lowest BCUT2D eigenvalue weighted by molar-refractivity contribution is 0.947. The van der Waals surface area contributed by atoms with Gasteiger partial charge in [0.05, 0.1) is 22.4 Å². The molecule has 6 aromatic carbocycles. The van der Waals surface area contributed by atoms with Gasteiger partial charge in [0.15, 0.2) is 5.82 Å². The Kier molecular flexibility index (Phi) is 7.31. The molecule has 0 amide bonds. The summed E-state index contributed by atoms with van der Waals surface area (Å²) in [6.45, 7) is 0. The average molecular weight is 716 g/mol. The molecule has 2 atom stereocenters. The van der Waals surface area contributed by atoms with Gasteiger partial charge in [-0.05, 0) is 83.3 Å². The van der Waals surface area contributed by atoms with Crippen molar-refractivity contribution < 1.29 is 0 Å². The summed E-state index contributed by atoms with van der Waals surface area (Å²) in [7, 11) is 0. The van der Waals surface area contributed by atoms with E-state index in [9.17, 15) is 0 Å². The summed E-state index contributed by atoms with van der Waals surface area (Å²) in [5.74, 6) is 0.757. The number of fused-ring (bicyclic) bond motifs is 7. The van der Waals surface area contributed by atoms with Crippen LogP contribution in [0.1, 0.15) is 17.7 Å². The Hall–Kier alpha value is -5.62. The molecule has 5 heteroatoms. The van der Waals surface area contributed by atoms with Crippen molar-refractivity contribution in [2.24, 2.45) is 0 Å². The van der Waals surface area contributed by atoms with E-state index < -0.39 is 0 Å². The lowest BCUT2D eigenvalue weighted by atomic mass is 9.96. The molecule has 53 heavy (non-hydrogen) atoms. The minimum atomic E-state index is 0.449. The number of hydrogen-bond donors (Lipinski definition) is 0. The first-order valence-corrected chi connectivity index (χ1v) is 20.0. The molecular weight excluding hydrogens is 683 g/mol. The van der Waals surface area contributed by atoms with E-state index >= 15 is 0 Å². The standard InChI is InChI=1S/C48H33N3S2/c1-2-12-30(13-3-1)47-37-20-6-7-21-40(37)49-48(50-47)35-18-10-16-31(24-35)32-17-11-19-36(25-32)51-41-27-34-15-5-4-14-33(34)26-38(41)39-28-45-46(29-42(39)51)53-44-23-9-8-22-43(44)52-45/h1-5,7-19,21-29,43-44H,6,20H2/t43-,44?/m0/s1. The van der Waals surface area contributed by atoms with Crippen LogP contribution in [-0.4, -0.2) is 25.0 Å². The summed E-state index contributed by atoms with van der Waals surface area (Å²) in [5, 5.41) is 6.01. The average Bonchev–Trinajstić information content (AvgIpc) is 3.52. The second-order valence-corrected chi connectivity index (χ2v) is 16.4. The monoisotopic (exact) mass is 715 g/mol. The fraction of sp³-hybridized carbons (Fsp3) is 0.0833. The van der Waals surface area contributed by atoms with E-state index in [1.165, 1.54) is 47.9 Å². The van der Waals surface area contributed by atoms with Gasteiger partial charge < -0.3 is 4.57 Å². The summed E-state index contributed by atoms with van der Waals surface area (Å²) in [6, 6.07) is 46.6. The van der Waals surface area contributed by atoms with Crippen molar-refractivity contribution in [3.05, 3.63) is 169 Å². The minimum absolute atomic E-state index is 0.449. The molecular formula is C48H33N3S2. The summed E-state index contributed by atoms with van der Waals surface area (Å²) >= 11 is 3.99. The van der Waals surface area contributed by atoms with Gasteiger partial charge in [0, 0.05) is 53.4 Å². The molecule has 0 spiro atoms. The minimum Gasteiger partial charge on any atom is -0.309 e. The third-order valence-electron chi connectivity index (χ3n) is 10.7. The molecule has 11 rings (SSSR count). The Morgan fingerprint density at radius 1 is 0.566 bits per heavy atom. The first kappa shape index (κ1) is 31.0. The van der Waals surface area contributed by atoms with E-state index in [4.69, 9.17) is 9.97 Å². The van der Waals surface area contributed by atoms with Crippen LogP contribution in [0.3, 0.4) is 0 Å². The van der Waals surface area contributed by atoms with Gasteiger partial charge >= 0.3 is 0 Å². The zero-order valence-corrected chi connectivity index (χ0v) is 30.4. The summed E-state index contributed by atoms with van der Waals surface area (Å²) in [6.07, 6.45) is 15.4. The van der Waals surface area contributed by atoms with Crippen molar-refractivity contribution in [1.29, 1.82) is 0 Å². The highest BCUT2D eigenvalue weighted by molar-refractivity contribution is 8.06. The number of benzene rings is 6. The molecule has 0 saturated carbocycles. The predicted molar refractivity (Wildman–Crippen MR) is 225 cm³/mol. The van der Waals surface area contributed by atoms with Crippen molar-refractivity contribution >= 4 is 62.2 Å². The number of thioether (sulfide) groups is 2. The van der Waals surface area contributed by atoms with Gasteiger partial charge in [-0.3, -0.25) is 0 Å². The van der Waals surface area contributed by atoms with Crippen molar-refractivity contribution in [3.63, 3.8) is 0 Å². The van der Waals surface area contributed by atoms with E-state index in [1.807, 2.05) is 23.5 Å². The molecule has 2 aromatic heterocycles. The van der Waals surface area contributed by atoms with E-state index in [0.29, 0.717) is 10.5 Å². The number of hydrogen-bond acceptors (Lipinski definition) is 4. The molecule has 0 N–H and O–H groups in total. The quantitative estimate of drug-likeness (QED) is 0.181. The Balaban J connectivity index is 1.06. The molecule has 0 radical (unpaired) electrons. The maximum Gasteiger partial charge on any atom is 0.160 e. The Morgan fingerprint density at radius 2 is 1.23 bits per heavy atom. The van der Waals surface area contributed by atoms with Gasteiger partial charge in [0.2, 0.25) is 0 Å². The highest BCUT2D eigenvalue weighted by Gasteiger charge is 2.29. The van der Waals surface area contributed by atoms with E-state index in [1.54, 1.807) is 0 Å². The van der Waals surface area contributed by atoms with E-state index in [0.717, 1.165) is 58.0 Å². The molecule has 1 unspecified atom stereocenters. The maximum atomic E-state index is 5.21. The largest absolute Gasteiger partial charge is 0.309 e. The SMILES string of the molecule is C1=CC2Sc3cc4c(cc3S[C@H]2C=C1)c1cc2ccccc2cc1n4-c1cccc(-c2cccc(-c3nc4c(c(-c5ccccc5)n3)CCC=C4)c2)c1. The van der Waals surface area contributed by atoms with E-state index in [2.05, 4.69) is 168 Å². The van der Waals surface area contributed by atoms with Crippen LogP contribution >= 0.6 is 23.5 Å². The third-order valence-corrected chi connectivity index (χ3v) is 13.7. The summed E-state index contributed by atoms with van der Waals surface area (Å²) in [4.78, 5) is 13.0. The van der Waals surface area contributed by atoms with Gasteiger partial charge in [0.25, 0.3) is 0 Å². The molecule has 3 aliphatic rings. The Morgan fingerprint density at radius 3 is 2.06 bits per heavy atom. The molecule has 0 fully saturated rings. The van der Waals surface area contributed by atoms with Crippen molar-refractivity contribution in [2.45, 2.75) is 33.1 Å². The molecule has 0 saturated heterocycles. The molecule has 3 nitrogen and oxygen atoms in total. The van der Waals surface area contributed by atoms with Gasteiger partial charge in [0.1, 0.15) is 0 Å². The summed E-state index contributed by atoms with van der Waals surface area (Å²) < 4.78 is 2.48. The van der Waals surface area contributed by atoms with Crippen LogP contribution in [-0.2, 0) is 6.42 Å². The molecule has 8 aromatic rings. The van der Waals surface area contributed by atoms with E-state index in [-0.39, 0.29) is 0 Å². The van der Waals surface area contributed by atoms with Crippen LogP contribution in [0.25, 0.3) is 78.1 Å². The first-order chi connectivity index (χ1) is 26.2. The zero-order chi connectivity index (χ0) is 34.9. The van der Waals surface area contributed by atoms with Crippen molar-refractivity contribution in [2.75, 3.05) is 0 Å². The smallest absolute Gasteiger partial charge is 0.160 e. The van der Waals surface area contributed by atoms with Crippen LogP contribution in [0.15, 0.2) is 168 Å². The zero-order valence-electron chi connectivity index (χ0n) is 28.8. The van der Waals surface area contributed by atoms with Crippen LogP contribution in [0, 0.1) is 0 Å². The van der Waals surface area contributed by atoms with Crippen molar-refractivity contribution in [3.8, 4) is 39.5 Å². The van der Waals surface area contributed by atoms with Crippen LogP contribution in [0.4, 0.5) is 0 Å². The fourth-order valence-electron chi connectivity index (χ4n) is 8.18. The second kappa shape index (κ2) is 12.5. The van der Waals surface area contributed by atoms with Crippen LogP contribution in [0.5, 0.6) is 0 Å². The lowest BCUT2D eigenvalue weighted by Gasteiger charge is -2.29. The number of rotatable bonds is 4. The van der Waals surface area contributed by atoms with Crippen molar-refractivity contribution in [1.82, 2.24) is 14.5 Å². The predicted octanol–water partition coefficient (Wildman–Crippen LogP) is 12.7. The van der Waals surface area contributed by atoms with Gasteiger partial charge in [-0.25, -0.2) is 9.97 Å². The highest BCUT2D eigenvalue weighted by atomic mass is 32.2. The maximum absolute atomic E-state index is 5.21. The fourth-order valence-corrected chi connectivity index (χ4v) is 10.9. The van der Waals surface area contributed by atoms with Crippen LogP contribution in [0.2, 0.25) is 0 Å². The molecule has 1 aliphatic heterocycles. The first-order valence-electron chi connectivity index (χ1n) is 18.3. The Labute approximate surface area is 316 Å². The molecule has 0 bridgehead atoms.